The van der Waals surface area contributed by atoms with Gasteiger partial charge in [-0.1, -0.05) is 0 Å². The first-order valence-electron chi connectivity index (χ1n) is 6.13. The van der Waals surface area contributed by atoms with Gasteiger partial charge in [0.15, 0.2) is 0 Å². The van der Waals surface area contributed by atoms with Crippen molar-refractivity contribution in [3.05, 3.63) is 41.0 Å². The fourth-order valence-corrected chi connectivity index (χ4v) is 2.34. The van der Waals surface area contributed by atoms with E-state index in [0.29, 0.717) is 24.0 Å². The van der Waals surface area contributed by atoms with E-state index in [1.807, 2.05) is 0 Å². The zero-order valence-electron chi connectivity index (χ0n) is 9.80. The zero-order chi connectivity index (χ0) is 12.7. The minimum absolute atomic E-state index is 0.205. The van der Waals surface area contributed by atoms with E-state index < -0.39 is 11.6 Å². The van der Waals surface area contributed by atoms with Gasteiger partial charge in [0.05, 0.1) is 0 Å². The molecule has 1 aromatic carbocycles. The number of carbonyl (C=O) groups is 1. The summed E-state index contributed by atoms with van der Waals surface area (Å²) in [6, 6.07) is 2.53. The Bertz CT molecular complexity index is 547. The third-order valence-electron chi connectivity index (χ3n) is 3.40. The Morgan fingerprint density at radius 3 is 2.67 bits per heavy atom. The van der Waals surface area contributed by atoms with Gasteiger partial charge in [-0.25, -0.2) is 8.78 Å². The molecule has 2 aliphatic carbocycles. The second-order valence-corrected chi connectivity index (χ2v) is 4.84. The maximum absolute atomic E-state index is 13.7. The molecule has 1 amide bonds. The van der Waals surface area contributed by atoms with Crippen molar-refractivity contribution in [1.29, 1.82) is 0 Å². The molecule has 0 heterocycles. The van der Waals surface area contributed by atoms with Gasteiger partial charge >= 0.3 is 0 Å². The molecule has 4 heteroatoms. The fourth-order valence-electron chi connectivity index (χ4n) is 2.34. The average Bonchev–Trinajstić information content (AvgIpc) is 3.02. The molecular weight excluding hydrogens is 236 g/mol. The zero-order valence-corrected chi connectivity index (χ0v) is 9.80. The highest BCUT2D eigenvalue weighted by Crippen LogP contribution is 2.35. The van der Waals surface area contributed by atoms with Gasteiger partial charge in [-0.3, -0.25) is 4.79 Å². The number of halogens is 2. The first kappa shape index (κ1) is 11.4. The van der Waals surface area contributed by atoms with Crippen molar-refractivity contribution >= 4 is 11.5 Å². The molecule has 18 heavy (non-hydrogen) atoms. The number of benzene rings is 1. The number of hydrogen-bond donors (Lipinski definition) is 1. The minimum Gasteiger partial charge on any atom is -0.350 e. The molecule has 0 atom stereocenters. The van der Waals surface area contributed by atoms with Gasteiger partial charge in [-0.2, -0.15) is 0 Å². The number of hydrogen-bond acceptors (Lipinski definition) is 1. The number of carbonyl (C=O) groups excluding carboxylic acids is 1. The van der Waals surface area contributed by atoms with Crippen molar-refractivity contribution in [2.75, 3.05) is 0 Å². The summed E-state index contributed by atoms with van der Waals surface area (Å²) in [7, 11) is 0. The van der Waals surface area contributed by atoms with Crippen LogP contribution in [0.5, 0.6) is 0 Å². The number of rotatable bonds is 2. The summed E-state index contributed by atoms with van der Waals surface area (Å²) in [4.78, 5) is 11.7. The molecule has 0 unspecified atom stereocenters. The van der Waals surface area contributed by atoms with E-state index in [1.54, 1.807) is 0 Å². The van der Waals surface area contributed by atoms with Crippen LogP contribution in [0, 0.1) is 11.6 Å². The molecule has 0 aromatic heterocycles. The number of nitrogens with one attached hydrogen (secondary N) is 1. The number of allylic oxidation sites excluding steroid dienone is 1. The van der Waals surface area contributed by atoms with Gasteiger partial charge in [0.25, 0.3) is 0 Å². The fraction of sp³-hybridized carbons (Fsp3) is 0.357. The normalized spacial score (nSPS) is 20.0. The molecule has 0 radical (unpaired) electrons. The Labute approximate surface area is 104 Å². The molecule has 0 saturated heterocycles. The summed E-state index contributed by atoms with van der Waals surface area (Å²) in [6.07, 6.45) is 4.41. The second kappa shape index (κ2) is 4.19. The standard InChI is InChI=1S/C14H13F2NO/c15-11-5-6-12(16)14-8(1-4-10(11)14)7-13(18)17-9-2-3-9/h5-7,9H,1-4H2,(H,17,18). The van der Waals surface area contributed by atoms with Crippen LogP contribution in [0.4, 0.5) is 8.78 Å². The Kier molecular flexibility index (Phi) is 2.65. The third kappa shape index (κ3) is 2.03. The van der Waals surface area contributed by atoms with Crippen molar-refractivity contribution in [2.24, 2.45) is 0 Å². The smallest absolute Gasteiger partial charge is 0.244 e. The topological polar surface area (TPSA) is 29.1 Å². The molecule has 1 saturated carbocycles. The van der Waals surface area contributed by atoms with Crippen LogP contribution in [0.15, 0.2) is 18.2 Å². The van der Waals surface area contributed by atoms with Gasteiger partial charge in [-0.15, -0.1) is 0 Å². The van der Waals surface area contributed by atoms with E-state index in [-0.39, 0.29) is 17.5 Å². The van der Waals surface area contributed by atoms with Crippen LogP contribution >= 0.6 is 0 Å². The summed E-state index contributed by atoms with van der Waals surface area (Å²) in [5.74, 6) is -1.05. The van der Waals surface area contributed by atoms with Crippen molar-refractivity contribution in [2.45, 2.75) is 31.7 Å². The maximum atomic E-state index is 13.7. The van der Waals surface area contributed by atoms with E-state index in [0.717, 1.165) is 25.0 Å². The molecule has 0 spiro atoms. The molecule has 2 nitrogen and oxygen atoms in total. The average molecular weight is 249 g/mol. The van der Waals surface area contributed by atoms with Crippen molar-refractivity contribution < 1.29 is 13.6 Å². The predicted octanol–water partition coefficient (Wildman–Crippen LogP) is 2.57. The van der Waals surface area contributed by atoms with Gasteiger partial charge in [0.1, 0.15) is 11.6 Å². The Morgan fingerprint density at radius 1 is 1.22 bits per heavy atom. The summed E-state index contributed by atoms with van der Waals surface area (Å²) in [5.41, 5.74) is 1.27. The molecule has 2 aliphatic rings. The lowest BCUT2D eigenvalue weighted by atomic mass is 10.1. The highest BCUT2D eigenvalue weighted by Gasteiger charge is 2.26. The van der Waals surface area contributed by atoms with E-state index in [2.05, 4.69) is 5.32 Å². The number of amides is 1. The van der Waals surface area contributed by atoms with Crippen LogP contribution in [0.2, 0.25) is 0 Å². The molecule has 1 N–H and O–H groups in total. The van der Waals surface area contributed by atoms with Crippen LogP contribution in [0.25, 0.3) is 5.57 Å². The minimum atomic E-state index is -0.450. The van der Waals surface area contributed by atoms with E-state index in [9.17, 15) is 13.6 Å². The molecule has 3 rings (SSSR count). The summed E-state index contributed by atoms with van der Waals surface area (Å²) in [5, 5.41) is 2.81. The first-order chi connectivity index (χ1) is 8.65. The quantitative estimate of drug-likeness (QED) is 0.802. The summed E-state index contributed by atoms with van der Waals surface area (Å²) >= 11 is 0. The van der Waals surface area contributed by atoms with Crippen molar-refractivity contribution in [3.63, 3.8) is 0 Å². The largest absolute Gasteiger partial charge is 0.350 e. The van der Waals surface area contributed by atoms with Crippen LogP contribution in [0.3, 0.4) is 0 Å². The van der Waals surface area contributed by atoms with E-state index >= 15 is 0 Å². The van der Waals surface area contributed by atoms with Crippen LogP contribution < -0.4 is 5.32 Å². The van der Waals surface area contributed by atoms with Crippen LogP contribution in [-0.4, -0.2) is 11.9 Å². The molecule has 0 bridgehead atoms. The molecule has 0 aliphatic heterocycles. The molecule has 1 aromatic rings. The molecule has 94 valence electrons. The SMILES string of the molecule is O=C(C=C1CCc2c(F)ccc(F)c21)NC1CC1. The lowest BCUT2D eigenvalue weighted by Gasteiger charge is -2.04. The van der Waals surface area contributed by atoms with Gasteiger partial charge in [0, 0.05) is 17.7 Å². The Hall–Kier alpha value is -1.71. The maximum Gasteiger partial charge on any atom is 0.244 e. The summed E-state index contributed by atoms with van der Waals surface area (Å²) < 4.78 is 27.2. The highest BCUT2D eigenvalue weighted by atomic mass is 19.1. The van der Waals surface area contributed by atoms with Crippen LogP contribution in [-0.2, 0) is 11.2 Å². The molecular formula is C14H13F2NO. The van der Waals surface area contributed by atoms with E-state index in [1.165, 1.54) is 6.08 Å². The van der Waals surface area contributed by atoms with Gasteiger partial charge in [-0.05, 0) is 49.0 Å². The van der Waals surface area contributed by atoms with Crippen molar-refractivity contribution in [1.82, 2.24) is 5.32 Å². The lowest BCUT2D eigenvalue weighted by Crippen LogP contribution is -2.23. The molecule has 1 fully saturated rings. The van der Waals surface area contributed by atoms with E-state index in [4.69, 9.17) is 0 Å². The van der Waals surface area contributed by atoms with Crippen molar-refractivity contribution in [3.8, 4) is 0 Å². The van der Waals surface area contributed by atoms with Gasteiger partial charge < -0.3 is 5.32 Å². The van der Waals surface area contributed by atoms with Crippen LogP contribution in [0.1, 0.15) is 30.4 Å². The summed E-state index contributed by atoms with van der Waals surface area (Å²) in [6.45, 7) is 0. The third-order valence-corrected chi connectivity index (χ3v) is 3.40. The lowest BCUT2D eigenvalue weighted by molar-refractivity contribution is -0.116. The monoisotopic (exact) mass is 249 g/mol. The highest BCUT2D eigenvalue weighted by molar-refractivity contribution is 5.96. The number of fused-ring (bicyclic) bond motifs is 1. The first-order valence-corrected chi connectivity index (χ1v) is 6.13. The second-order valence-electron chi connectivity index (χ2n) is 4.84. The Morgan fingerprint density at radius 2 is 1.94 bits per heavy atom. The predicted molar refractivity (Wildman–Crippen MR) is 63.8 cm³/mol. The van der Waals surface area contributed by atoms with Gasteiger partial charge in [0.2, 0.25) is 5.91 Å². The Balaban J connectivity index is 1.91.